The van der Waals surface area contributed by atoms with Crippen LogP contribution in [-0.4, -0.2) is 34.3 Å². The van der Waals surface area contributed by atoms with Crippen LogP contribution >= 0.6 is 0 Å². The third-order valence-corrected chi connectivity index (χ3v) is 4.99. The van der Waals surface area contributed by atoms with Gasteiger partial charge in [0.15, 0.2) is 0 Å². The molecule has 1 saturated carbocycles. The van der Waals surface area contributed by atoms with E-state index in [9.17, 15) is 9.59 Å². The van der Waals surface area contributed by atoms with Gasteiger partial charge >= 0.3 is 0 Å². The number of nitrogens with zero attached hydrogens (tertiary/aromatic N) is 1. The minimum Gasteiger partial charge on any atom is -0.342 e. The first-order valence-corrected chi connectivity index (χ1v) is 7.74. The first kappa shape index (κ1) is 14.4. The van der Waals surface area contributed by atoms with Gasteiger partial charge in [-0.15, -0.1) is 0 Å². The van der Waals surface area contributed by atoms with Gasteiger partial charge < -0.3 is 10.2 Å². The van der Waals surface area contributed by atoms with E-state index in [1.54, 1.807) is 0 Å². The summed E-state index contributed by atoms with van der Waals surface area (Å²) in [6.45, 7) is 6.00. The highest BCUT2D eigenvalue weighted by Gasteiger charge is 2.52. The SMILES string of the molecule is CCC1NC(=O)C(CC)(CC)N(C2CCCC2)C1=O. The van der Waals surface area contributed by atoms with Crippen LogP contribution < -0.4 is 5.32 Å². The summed E-state index contributed by atoms with van der Waals surface area (Å²) in [6.07, 6.45) is 6.54. The van der Waals surface area contributed by atoms with Gasteiger partial charge in [0.25, 0.3) is 0 Å². The molecular formula is C15H26N2O2. The van der Waals surface area contributed by atoms with Crippen molar-refractivity contribution < 1.29 is 9.59 Å². The van der Waals surface area contributed by atoms with E-state index < -0.39 is 5.54 Å². The molecule has 108 valence electrons. The molecule has 0 spiro atoms. The molecule has 2 rings (SSSR count). The average molecular weight is 266 g/mol. The lowest BCUT2D eigenvalue weighted by molar-refractivity contribution is -0.162. The summed E-state index contributed by atoms with van der Waals surface area (Å²) in [5, 5.41) is 2.93. The standard InChI is InChI=1S/C15H26N2O2/c1-4-12-13(18)17(11-9-7-8-10-11)15(5-2,6-3)14(19)16-12/h11-12H,4-10H2,1-3H3,(H,16,19). The van der Waals surface area contributed by atoms with Crippen LogP contribution in [0.15, 0.2) is 0 Å². The molecule has 2 fully saturated rings. The van der Waals surface area contributed by atoms with Crippen LogP contribution in [0, 0.1) is 0 Å². The van der Waals surface area contributed by atoms with Crippen molar-refractivity contribution in [1.29, 1.82) is 0 Å². The minimum absolute atomic E-state index is 0.0517. The Bertz CT molecular complexity index is 357. The fourth-order valence-electron chi connectivity index (χ4n) is 3.72. The highest BCUT2D eigenvalue weighted by Crippen LogP contribution is 2.36. The van der Waals surface area contributed by atoms with Gasteiger partial charge in [0.2, 0.25) is 11.8 Å². The van der Waals surface area contributed by atoms with E-state index in [2.05, 4.69) is 5.32 Å². The Morgan fingerprint density at radius 2 is 1.74 bits per heavy atom. The molecule has 1 unspecified atom stereocenters. The first-order chi connectivity index (χ1) is 9.10. The number of amides is 2. The Balaban J connectivity index is 2.38. The second-order valence-electron chi connectivity index (χ2n) is 5.82. The Morgan fingerprint density at radius 1 is 1.16 bits per heavy atom. The third-order valence-electron chi connectivity index (χ3n) is 4.99. The molecule has 1 heterocycles. The van der Waals surface area contributed by atoms with Gasteiger partial charge in [-0.2, -0.15) is 0 Å². The minimum atomic E-state index is -0.613. The van der Waals surface area contributed by atoms with Crippen molar-refractivity contribution in [1.82, 2.24) is 10.2 Å². The second-order valence-corrected chi connectivity index (χ2v) is 5.82. The average Bonchev–Trinajstić information content (AvgIpc) is 2.94. The molecule has 2 aliphatic rings. The molecule has 0 aromatic rings. The Labute approximate surface area is 115 Å². The van der Waals surface area contributed by atoms with Crippen LogP contribution in [-0.2, 0) is 9.59 Å². The predicted octanol–water partition coefficient (Wildman–Crippen LogP) is 2.22. The first-order valence-electron chi connectivity index (χ1n) is 7.74. The van der Waals surface area contributed by atoms with Gasteiger partial charge in [-0.3, -0.25) is 9.59 Å². The maximum absolute atomic E-state index is 12.7. The maximum Gasteiger partial charge on any atom is 0.246 e. The molecule has 1 saturated heterocycles. The van der Waals surface area contributed by atoms with Crippen molar-refractivity contribution in [2.45, 2.75) is 83.3 Å². The van der Waals surface area contributed by atoms with Crippen LogP contribution in [0.5, 0.6) is 0 Å². The molecule has 1 aliphatic carbocycles. The van der Waals surface area contributed by atoms with Gasteiger partial charge in [-0.25, -0.2) is 0 Å². The van der Waals surface area contributed by atoms with E-state index in [4.69, 9.17) is 0 Å². The van der Waals surface area contributed by atoms with Gasteiger partial charge in [0, 0.05) is 6.04 Å². The van der Waals surface area contributed by atoms with E-state index in [1.807, 2.05) is 25.7 Å². The van der Waals surface area contributed by atoms with Crippen LogP contribution in [0.1, 0.15) is 65.7 Å². The van der Waals surface area contributed by atoms with E-state index >= 15 is 0 Å². The molecule has 4 heteroatoms. The molecular weight excluding hydrogens is 240 g/mol. The van der Waals surface area contributed by atoms with Crippen LogP contribution in [0.4, 0.5) is 0 Å². The monoisotopic (exact) mass is 266 g/mol. The highest BCUT2D eigenvalue weighted by atomic mass is 16.2. The number of carbonyl (C=O) groups excluding carboxylic acids is 2. The quantitative estimate of drug-likeness (QED) is 0.848. The number of rotatable bonds is 4. The molecule has 0 bridgehead atoms. The van der Waals surface area contributed by atoms with Crippen molar-refractivity contribution in [3.05, 3.63) is 0 Å². The number of hydrogen-bond acceptors (Lipinski definition) is 2. The van der Waals surface area contributed by atoms with Crippen molar-refractivity contribution >= 4 is 11.8 Å². The molecule has 1 atom stereocenters. The fraction of sp³-hybridized carbons (Fsp3) is 0.867. The molecule has 0 aromatic carbocycles. The van der Waals surface area contributed by atoms with Crippen molar-refractivity contribution in [3.63, 3.8) is 0 Å². The Morgan fingerprint density at radius 3 is 2.21 bits per heavy atom. The lowest BCUT2D eigenvalue weighted by Crippen LogP contribution is -2.72. The summed E-state index contributed by atoms with van der Waals surface area (Å²) in [6, 6.07) is -0.0492. The lowest BCUT2D eigenvalue weighted by Gasteiger charge is -2.50. The number of nitrogens with one attached hydrogen (secondary N) is 1. The largest absolute Gasteiger partial charge is 0.342 e. The van der Waals surface area contributed by atoms with Gasteiger partial charge in [-0.1, -0.05) is 33.6 Å². The van der Waals surface area contributed by atoms with Crippen LogP contribution in [0.2, 0.25) is 0 Å². The highest BCUT2D eigenvalue weighted by molar-refractivity contribution is 6.00. The van der Waals surface area contributed by atoms with Crippen molar-refractivity contribution in [3.8, 4) is 0 Å². The summed E-state index contributed by atoms with van der Waals surface area (Å²) < 4.78 is 0. The van der Waals surface area contributed by atoms with Crippen molar-refractivity contribution in [2.75, 3.05) is 0 Å². The molecule has 4 nitrogen and oxygen atoms in total. The second kappa shape index (κ2) is 5.51. The summed E-state index contributed by atoms with van der Waals surface area (Å²) in [5.41, 5.74) is -0.613. The van der Waals surface area contributed by atoms with Gasteiger partial charge in [-0.05, 0) is 32.1 Å². The Kier molecular flexibility index (Phi) is 4.16. The molecule has 0 radical (unpaired) electrons. The van der Waals surface area contributed by atoms with Crippen LogP contribution in [0.3, 0.4) is 0 Å². The molecule has 19 heavy (non-hydrogen) atoms. The zero-order valence-electron chi connectivity index (χ0n) is 12.4. The van der Waals surface area contributed by atoms with E-state index in [0.29, 0.717) is 19.3 Å². The number of hydrogen-bond donors (Lipinski definition) is 1. The number of piperazine rings is 1. The zero-order chi connectivity index (χ0) is 14.0. The van der Waals surface area contributed by atoms with E-state index in [-0.39, 0.29) is 23.9 Å². The summed E-state index contributed by atoms with van der Waals surface area (Å²) >= 11 is 0. The van der Waals surface area contributed by atoms with Gasteiger partial charge in [0.1, 0.15) is 11.6 Å². The summed E-state index contributed by atoms with van der Waals surface area (Å²) in [4.78, 5) is 27.3. The van der Waals surface area contributed by atoms with E-state index in [1.165, 1.54) is 12.8 Å². The molecule has 1 aliphatic heterocycles. The lowest BCUT2D eigenvalue weighted by atomic mass is 9.83. The Hall–Kier alpha value is -1.06. The summed E-state index contributed by atoms with van der Waals surface area (Å²) in [7, 11) is 0. The predicted molar refractivity (Wildman–Crippen MR) is 74.6 cm³/mol. The molecule has 0 aromatic heterocycles. The van der Waals surface area contributed by atoms with Crippen molar-refractivity contribution in [2.24, 2.45) is 0 Å². The number of carbonyl (C=O) groups is 2. The smallest absolute Gasteiger partial charge is 0.246 e. The third kappa shape index (κ3) is 2.15. The topological polar surface area (TPSA) is 49.4 Å². The fourth-order valence-corrected chi connectivity index (χ4v) is 3.72. The van der Waals surface area contributed by atoms with Gasteiger partial charge in [0.05, 0.1) is 0 Å². The molecule has 1 N–H and O–H groups in total. The normalized spacial score (nSPS) is 27.7. The molecule has 2 amide bonds. The zero-order valence-corrected chi connectivity index (χ0v) is 12.4. The van der Waals surface area contributed by atoms with E-state index in [0.717, 1.165) is 12.8 Å². The van der Waals surface area contributed by atoms with Crippen LogP contribution in [0.25, 0.3) is 0 Å². The summed E-state index contributed by atoms with van der Waals surface area (Å²) in [5.74, 6) is 0.188. The maximum atomic E-state index is 12.7.